The first kappa shape index (κ1) is 11.1. The molecule has 92 valence electrons. The number of rotatable bonds is 3. The maximum Gasteiger partial charge on any atom is 0.115 e. The molecular weight excluding hydrogens is 212 g/mol. The van der Waals surface area contributed by atoms with Crippen molar-refractivity contribution >= 4 is 0 Å². The van der Waals surface area contributed by atoms with Crippen molar-refractivity contribution in [3.8, 4) is 5.75 Å². The number of benzene rings is 1. The molecule has 2 aliphatic rings. The van der Waals surface area contributed by atoms with E-state index in [1.807, 2.05) is 19.1 Å². The van der Waals surface area contributed by atoms with Crippen LogP contribution in [0, 0.1) is 11.8 Å². The van der Waals surface area contributed by atoms with Gasteiger partial charge < -0.3 is 10.2 Å². The van der Waals surface area contributed by atoms with E-state index in [1.54, 1.807) is 12.1 Å². The highest BCUT2D eigenvalue weighted by Crippen LogP contribution is 2.63. The predicted octanol–water partition coefficient (Wildman–Crippen LogP) is 2.83. The lowest BCUT2D eigenvalue weighted by Crippen LogP contribution is -2.33. The first-order chi connectivity index (χ1) is 7.94. The fraction of sp³-hybridized carbons (Fsp3) is 0.600. The van der Waals surface area contributed by atoms with E-state index in [0.29, 0.717) is 17.6 Å². The van der Waals surface area contributed by atoms with Crippen LogP contribution in [0.15, 0.2) is 24.3 Å². The van der Waals surface area contributed by atoms with Gasteiger partial charge in [-0.15, -0.1) is 0 Å². The molecule has 3 unspecified atom stereocenters. The van der Waals surface area contributed by atoms with Crippen molar-refractivity contribution in [1.29, 1.82) is 0 Å². The van der Waals surface area contributed by atoms with Crippen molar-refractivity contribution in [2.24, 2.45) is 11.8 Å². The lowest BCUT2D eigenvalue weighted by atomic mass is 9.85. The molecular formula is C15H20O2. The van der Waals surface area contributed by atoms with E-state index in [4.69, 9.17) is 0 Å². The maximum absolute atomic E-state index is 10.6. The molecule has 2 heteroatoms. The standard InChI is InChI=1S/C15H20O2/c1-14(10-5-7-12(16)8-6-10)9-13(14)15(2,17)11-3-4-11/h5-8,11,13,16-17H,3-4,9H2,1-2H3. The van der Waals surface area contributed by atoms with Crippen LogP contribution in [0.1, 0.15) is 38.7 Å². The summed E-state index contributed by atoms with van der Waals surface area (Å²) in [5.41, 5.74) is 0.827. The number of phenols is 1. The van der Waals surface area contributed by atoms with Gasteiger partial charge in [0.2, 0.25) is 0 Å². The van der Waals surface area contributed by atoms with Crippen molar-refractivity contribution in [3.05, 3.63) is 29.8 Å². The van der Waals surface area contributed by atoms with Gasteiger partial charge in [0, 0.05) is 0 Å². The zero-order valence-electron chi connectivity index (χ0n) is 10.5. The van der Waals surface area contributed by atoms with E-state index in [0.717, 1.165) is 6.42 Å². The number of hydrogen-bond acceptors (Lipinski definition) is 2. The van der Waals surface area contributed by atoms with Crippen molar-refractivity contribution < 1.29 is 10.2 Å². The van der Waals surface area contributed by atoms with Crippen LogP contribution in [0.3, 0.4) is 0 Å². The molecule has 0 radical (unpaired) electrons. The second-order valence-electron chi connectivity index (χ2n) is 6.22. The normalized spacial score (nSPS) is 35.4. The molecule has 2 nitrogen and oxygen atoms in total. The van der Waals surface area contributed by atoms with Crippen molar-refractivity contribution in [2.45, 2.75) is 44.1 Å². The molecule has 0 aliphatic heterocycles. The van der Waals surface area contributed by atoms with Gasteiger partial charge in [0.05, 0.1) is 5.60 Å². The Morgan fingerprint density at radius 1 is 1.24 bits per heavy atom. The quantitative estimate of drug-likeness (QED) is 0.841. The van der Waals surface area contributed by atoms with E-state index in [1.165, 1.54) is 18.4 Å². The molecule has 0 amide bonds. The van der Waals surface area contributed by atoms with Crippen LogP contribution >= 0.6 is 0 Å². The van der Waals surface area contributed by atoms with Crippen LogP contribution in [0.2, 0.25) is 0 Å². The zero-order chi connectivity index (χ0) is 12.3. The Kier molecular flexibility index (Phi) is 2.13. The van der Waals surface area contributed by atoms with Gasteiger partial charge in [-0.1, -0.05) is 19.1 Å². The fourth-order valence-electron chi connectivity index (χ4n) is 3.33. The highest BCUT2D eigenvalue weighted by molar-refractivity contribution is 5.38. The first-order valence-corrected chi connectivity index (χ1v) is 6.46. The van der Waals surface area contributed by atoms with E-state index >= 15 is 0 Å². The van der Waals surface area contributed by atoms with Gasteiger partial charge in [0.1, 0.15) is 5.75 Å². The molecule has 0 saturated heterocycles. The number of phenolic OH excluding ortho intramolecular Hbond substituents is 1. The highest BCUT2D eigenvalue weighted by atomic mass is 16.3. The lowest BCUT2D eigenvalue weighted by molar-refractivity contribution is 0.00726. The Balaban J connectivity index is 1.83. The average molecular weight is 232 g/mol. The minimum Gasteiger partial charge on any atom is -0.508 e. The Labute approximate surface area is 102 Å². The first-order valence-electron chi connectivity index (χ1n) is 6.46. The zero-order valence-corrected chi connectivity index (χ0v) is 10.5. The van der Waals surface area contributed by atoms with Gasteiger partial charge in [-0.05, 0) is 61.1 Å². The van der Waals surface area contributed by atoms with Crippen LogP contribution < -0.4 is 0 Å². The minimum atomic E-state index is -0.507. The molecule has 1 aromatic rings. The summed E-state index contributed by atoms with van der Waals surface area (Å²) in [5, 5.41) is 19.9. The molecule has 0 heterocycles. The fourth-order valence-corrected chi connectivity index (χ4v) is 3.33. The number of hydrogen-bond donors (Lipinski definition) is 2. The number of aromatic hydroxyl groups is 1. The summed E-state index contributed by atoms with van der Waals surface area (Å²) >= 11 is 0. The van der Waals surface area contributed by atoms with Crippen molar-refractivity contribution in [2.75, 3.05) is 0 Å². The summed E-state index contributed by atoms with van der Waals surface area (Å²) in [6.07, 6.45) is 3.41. The van der Waals surface area contributed by atoms with Gasteiger partial charge >= 0.3 is 0 Å². The third kappa shape index (κ3) is 1.66. The Hall–Kier alpha value is -1.02. The summed E-state index contributed by atoms with van der Waals surface area (Å²) in [6, 6.07) is 7.44. The molecule has 0 aromatic heterocycles. The number of aliphatic hydroxyl groups is 1. The van der Waals surface area contributed by atoms with Gasteiger partial charge in [-0.3, -0.25) is 0 Å². The monoisotopic (exact) mass is 232 g/mol. The summed E-state index contributed by atoms with van der Waals surface area (Å²) in [5.74, 6) is 1.18. The van der Waals surface area contributed by atoms with Gasteiger partial charge in [-0.2, -0.15) is 0 Å². The van der Waals surface area contributed by atoms with Gasteiger partial charge in [0.15, 0.2) is 0 Å². The Morgan fingerprint density at radius 2 is 1.82 bits per heavy atom. The third-order valence-electron chi connectivity index (χ3n) is 4.87. The molecule has 3 atom stereocenters. The largest absolute Gasteiger partial charge is 0.508 e. The molecule has 0 spiro atoms. The van der Waals surface area contributed by atoms with Gasteiger partial charge in [0.25, 0.3) is 0 Å². The summed E-state index contributed by atoms with van der Waals surface area (Å²) in [4.78, 5) is 0. The second kappa shape index (κ2) is 3.26. The van der Waals surface area contributed by atoms with Crippen LogP contribution in [0.5, 0.6) is 5.75 Å². The molecule has 2 fully saturated rings. The smallest absolute Gasteiger partial charge is 0.115 e. The molecule has 3 rings (SSSR count). The molecule has 17 heavy (non-hydrogen) atoms. The van der Waals surface area contributed by atoms with Crippen LogP contribution in [-0.2, 0) is 5.41 Å². The SMILES string of the molecule is CC1(c2ccc(O)cc2)CC1C(C)(O)C1CC1. The second-order valence-corrected chi connectivity index (χ2v) is 6.22. The Morgan fingerprint density at radius 3 is 2.35 bits per heavy atom. The van der Waals surface area contributed by atoms with Crippen molar-refractivity contribution in [3.63, 3.8) is 0 Å². The van der Waals surface area contributed by atoms with Crippen LogP contribution in [0.4, 0.5) is 0 Å². The van der Waals surface area contributed by atoms with Gasteiger partial charge in [-0.25, -0.2) is 0 Å². The van der Waals surface area contributed by atoms with E-state index < -0.39 is 5.60 Å². The molecule has 2 aliphatic carbocycles. The molecule has 1 aromatic carbocycles. The molecule has 0 bridgehead atoms. The molecule has 2 N–H and O–H groups in total. The van der Waals surface area contributed by atoms with E-state index in [-0.39, 0.29) is 5.41 Å². The predicted molar refractivity (Wildman–Crippen MR) is 66.9 cm³/mol. The van der Waals surface area contributed by atoms with Crippen LogP contribution in [-0.4, -0.2) is 15.8 Å². The Bertz CT molecular complexity index is 431. The minimum absolute atomic E-state index is 0.0970. The van der Waals surface area contributed by atoms with E-state index in [9.17, 15) is 10.2 Å². The lowest BCUT2D eigenvalue weighted by Gasteiger charge is -2.26. The molecule has 2 saturated carbocycles. The van der Waals surface area contributed by atoms with E-state index in [2.05, 4.69) is 6.92 Å². The summed E-state index contributed by atoms with van der Waals surface area (Å²) in [7, 11) is 0. The van der Waals surface area contributed by atoms with Crippen molar-refractivity contribution in [1.82, 2.24) is 0 Å². The topological polar surface area (TPSA) is 40.5 Å². The van der Waals surface area contributed by atoms with Crippen LogP contribution in [0.25, 0.3) is 0 Å². The highest BCUT2D eigenvalue weighted by Gasteiger charge is 2.62. The average Bonchev–Trinajstić information content (AvgIpc) is 3.10. The summed E-state index contributed by atoms with van der Waals surface area (Å²) < 4.78 is 0. The third-order valence-corrected chi connectivity index (χ3v) is 4.87. The maximum atomic E-state index is 10.6. The summed E-state index contributed by atoms with van der Waals surface area (Å²) in [6.45, 7) is 4.22.